The number of hydrogen-bond donors (Lipinski definition) is 3. The molecule has 0 fully saturated rings. The minimum absolute atomic E-state index is 0. The molecule has 0 amide bonds. The van der Waals surface area contributed by atoms with Gasteiger partial charge in [-0.25, -0.2) is 4.39 Å². The van der Waals surface area contributed by atoms with Crippen molar-refractivity contribution in [2.24, 2.45) is 4.99 Å². The molecule has 1 unspecified atom stereocenters. The number of halogens is 2. The van der Waals surface area contributed by atoms with Crippen LogP contribution >= 0.6 is 24.0 Å². The Morgan fingerprint density at radius 1 is 1.20 bits per heavy atom. The van der Waals surface area contributed by atoms with E-state index in [-0.39, 0.29) is 36.3 Å². The summed E-state index contributed by atoms with van der Waals surface area (Å²) < 4.78 is 12.9. The van der Waals surface area contributed by atoms with Crippen LogP contribution in [0, 0.1) is 5.82 Å². The maximum Gasteiger partial charge on any atom is 0.191 e. The Bertz CT molecular complexity index is 637. The molecule has 3 N–H and O–H groups in total. The monoisotopic (exact) mass is 458 g/mol. The fraction of sp³-hybridized carbons (Fsp3) is 0.333. The molecule has 0 bridgehead atoms. The van der Waals surface area contributed by atoms with Crippen molar-refractivity contribution in [3.8, 4) is 0 Å². The van der Waals surface area contributed by atoms with Crippen molar-refractivity contribution in [1.82, 2.24) is 15.6 Å². The molecule has 0 aliphatic heterocycles. The van der Waals surface area contributed by atoms with E-state index in [4.69, 9.17) is 0 Å². The molecular weight excluding hydrogens is 434 g/mol. The molecule has 0 radical (unpaired) electrons. The van der Waals surface area contributed by atoms with Gasteiger partial charge in [0.05, 0.1) is 12.6 Å². The van der Waals surface area contributed by atoms with Gasteiger partial charge in [0, 0.05) is 31.4 Å². The van der Waals surface area contributed by atoms with Crippen molar-refractivity contribution >= 4 is 29.9 Å². The van der Waals surface area contributed by atoms with Crippen LogP contribution in [-0.2, 0) is 6.42 Å². The second kappa shape index (κ2) is 11.8. The van der Waals surface area contributed by atoms with Gasteiger partial charge < -0.3 is 15.7 Å². The highest BCUT2D eigenvalue weighted by molar-refractivity contribution is 14.0. The van der Waals surface area contributed by atoms with E-state index in [0.717, 1.165) is 18.7 Å². The van der Waals surface area contributed by atoms with Crippen LogP contribution in [0.15, 0.2) is 53.7 Å². The Labute approximate surface area is 164 Å². The normalized spacial score (nSPS) is 12.2. The lowest BCUT2D eigenvalue weighted by molar-refractivity contribution is 0.187. The standard InChI is InChI=1S/C18H23FN4O.HI/c1-2-20-18(22-12-10-16-5-3-4-11-21-16)23-13-17(24)14-6-8-15(19)9-7-14;/h3-9,11,17,24H,2,10,12-13H2,1H3,(H2,20,22,23);1H. The SMILES string of the molecule is CCNC(=NCC(O)c1ccc(F)cc1)NCCc1ccccn1.I. The molecule has 2 rings (SSSR count). The molecule has 25 heavy (non-hydrogen) atoms. The Morgan fingerprint density at radius 3 is 2.60 bits per heavy atom. The van der Waals surface area contributed by atoms with Gasteiger partial charge in [-0.15, -0.1) is 24.0 Å². The summed E-state index contributed by atoms with van der Waals surface area (Å²) >= 11 is 0. The number of pyridine rings is 1. The van der Waals surface area contributed by atoms with Gasteiger partial charge in [0.2, 0.25) is 0 Å². The number of rotatable bonds is 7. The van der Waals surface area contributed by atoms with E-state index in [1.54, 1.807) is 18.3 Å². The van der Waals surface area contributed by atoms with Crippen molar-refractivity contribution in [3.63, 3.8) is 0 Å². The number of nitrogens with one attached hydrogen (secondary N) is 2. The van der Waals surface area contributed by atoms with Crippen LogP contribution in [0.25, 0.3) is 0 Å². The summed E-state index contributed by atoms with van der Waals surface area (Å²) in [7, 11) is 0. The average Bonchev–Trinajstić information content (AvgIpc) is 2.61. The first-order chi connectivity index (χ1) is 11.7. The van der Waals surface area contributed by atoms with Crippen LogP contribution in [0.1, 0.15) is 24.3 Å². The smallest absolute Gasteiger partial charge is 0.191 e. The molecule has 0 aliphatic rings. The molecule has 1 atom stereocenters. The van der Waals surface area contributed by atoms with Crippen molar-refractivity contribution in [1.29, 1.82) is 0 Å². The van der Waals surface area contributed by atoms with E-state index >= 15 is 0 Å². The fourth-order valence-electron chi connectivity index (χ4n) is 2.16. The number of hydrogen-bond acceptors (Lipinski definition) is 3. The van der Waals surface area contributed by atoms with Crippen molar-refractivity contribution in [2.45, 2.75) is 19.4 Å². The summed E-state index contributed by atoms with van der Waals surface area (Å²) in [5.41, 5.74) is 1.65. The van der Waals surface area contributed by atoms with Crippen LogP contribution in [0.2, 0.25) is 0 Å². The Kier molecular flexibility index (Phi) is 10.0. The van der Waals surface area contributed by atoms with Gasteiger partial charge in [-0.2, -0.15) is 0 Å². The number of benzene rings is 1. The zero-order chi connectivity index (χ0) is 17.2. The third-order valence-electron chi connectivity index (χ3n) is 3.42. The van der Waals surface area contributed by atoms with Gasteiger partial charge in [-0.3, -0.25) is 9.98 Å². The highest BCUT2D eigenvalue weighted by Crippen LogP contribution is 2.13. The predicted octanol–water partition coefficient (Wildman–Crippen LogP) is 2.67. The van der Waals surface area contributed by atoms with Crippen molar-refractivity contribution in [3.05, 3.63) is 65.7 Å². The van der Waals surface area contributed by atoms with Gasteiger partial charge in [0.25, 0.3) is 0 Å². The third kappa shape index (κ3) is 7.78. The molecule has 1 heterocycles. The van der Waals surface area contributed by atoms with E-state index in [0.29, 0.717) is 18.1 Å². The average molecular weight is 458 g/mol. The lowest BCUT2D eigenvalue weighted by Gasteiger charge is -2.13. The maximum absolute atomic E-state index is 12.9. The lowest BCUT2D eigenvalue weighted by Crippen LogP contribution is -2.38. The number of nitrogens with zero attached hydrogens (tertiary/aromatic N) is 2. The second-order valence-electron chi connectivity index (χ2n) is 5.28. The van der Waals surface area contributed by atoms with E-state index in [9.17, 15) is 9.50 Å². The molecule has 1 aromatic heterocycles. The second-order valence-corrected chi connectivity index (χ2v) is 5.28. The largest absolute Gasteiger partial charge is 0.386 e. The van der Waals surface area contributed by atoms with Crippen LogP contribution in [0.4, 0.5) is 4.39 Å². The summed E-state index contributed by atoms with van der Waals surface area (Å²) in [6.45, 7) is 3.59. The highest BCUT2D eigenvalue weighted by Gasteiger charge is 2.07. The molecule has 2 aromatic rings. The van der Waals surface area contributed by atoms with Crippen LogP contribution in [0.5, 0.6) is 0 Å². The topological polar surface area (TPSA) is 69.5 Å². The molecule has 0 saturated heterocycles. The Morgan fingerprint density at radius 2 is 1.96 bits per heavy atom. The zero-order valence-corrected chi connectivity index (χ0v) is 16.5. The molecule has 5 nitrogen and oxygen atoms in total. The van der Waals surface area contributed by atoms with Gasteiger partial charge in [0.15, 0.2) is 5.96 Å². The molecule has 7 heteroatoms. The van der Waals surface area contributed by atoms with Gasteiger partial charge >= 0.3 is 0 Å². The third-order valence-corrected chi connectivity index (χ3v) is 3.42. The van der Waals surface area contributed by atoms with Gasteiger partial charge in [-0.05, 0) is 36.8 Å². The minimum Gasteiger partial charge on any atom is -0.386 e. The summed E-state index contributed by atoms with van der Waals surface area (Å²) in [5, 5.41) is 16.5. The summed E-state index contributed by atoms with van der Waals surface area (Å²) in [6.07, 6.45) is 1.79. The Balaban J connectivity index is 0.00000312. The molecule has 0 aliphatic carbocycles. The minimum atomic E-state index is -0.767. The van der Waals surface area contributed by atoms with Gasteiger partial charge in [0.1, 0.15) is 5.82 Å². The van der Waals surface area contributed by atoms with Crippen molar-refractivity contribution < 1.29 is 9.50 Å². The van der Waals surface area contributed by atoms with Crippen molar-refractivity contribution in [2.75, 3.05) is 19.6 Å². The lowest BCUT2D eigenvalue weighted by atomic mass is 10.1. The molecule has 0 spiro atoms. The van der Waals surface area contributed by atoms with E-state index in [1.165, 1.54) is 12.1 Å². The first-order valence-corrected chi connectivity index (χ1v) is 8.04. The summed E-state index contributed by atoms with van der Waals surface area (Å²) in [6, 6.07) is 11.6. The van der Waals surface area contributed by atoms with Crippen LogP contribution in [0.3, 0.4) is 0 Å². The maximum atomic E-state index is 12.9. The summed E-state index contributed by atoms with van der Waals surface area (Å²) in [5.74, 6) is 0.313. The molecule has 136 valence electrons. The Hall–Kier alpha value is -1.74. The van der Waals surface area contributed by atoms with Crippen LogP contribution in [-0.4, -0.2) is 35.7 Å². The quantitative estimate of drug-likeness (QED) is 0.339. The number of aliphatic hydroxyl groups excluding tert-OH is 1. The first-order valence-electron chi connectivity index (χ1n) is 8.04. The number of aliphatic hydroxyl groups is 1. The molecule has 1 aromatic carbocycles. The van der Waals surface area contributed by atoms with Gasteiger partial charge in [-0.1, -0.05) is 18.2 Å². The predicted molar refractivity (Wildman–Crippen MR) is 109 cm³/mol. The fourth-order valence-corrected chi connectivity index (χ4v) is 2.16. The van der Waals surface area contributed by atoms with E-state index < -0.39 is 6.10 Å². The zero-order valence-electron chi connectivity index (χ0n) is 14.2. The van der Waals surface area contributed by atoms with Crippen LogP contribution < -0.4 is 10.6 Å². The van der Waals surface area contributed by atoms with E-state index in [2.05, 4.69) is 20.6 Å². The summed E-state index contributed by atoms with van der Waals surface area (Å²) in [4.78, 5) is 8.65. The van der Waals surface area contributed by atoms with E-state index in [1.807, 2.05) is 25.1 Å². The number of guanidine groups is 1. The molecular formula is C18H24FIN4O. The highest BCUT2D eigenvalue weighted by atomic mass is 127. The first kappa shape index (κ1) is 21.3. The number of aliphatic imine (C=N–C) groups is 1. The molecule has 0 saturated carbocycles. The number of aromatic nitrogens is 1.